The van der Waals surface area contributed by atoms with Crippen LogP contribution in [0.1, 0.15) is 38.2 Å². The zero-order valence-corrected chi connectivity index (χ0v) is 18.5. The van der Waals surface area contributed by atoms with Gasteiger partial charge in [0.15, 0.2) is 9.74 Å². The fraction of sp³-hybridized carbons (Fsp3) is 0.300. The van der Waals surface area contributed by atoms with Gasteiger partial charge in [-0.2, -0.15) is 5.26 Å². The summed E-state index contributed by atoms with van der Waals surface area (Å²) in [7, 11) is 0. The van der Waals surface area contributed by atoms with Crippen LogP contribution in [0.4, 0.5) is 9.52 Å². The van der Waals surface area contributed by atoms with Gasteiger partial charge in [0.2, 0.25) is 5.13 Å². The predicted octanol–water partition coefficient (Wildman–Crippen LogP) is 4.93. The van der Waals surface area contributed by atoms with Crippen LogP contribution in [0.15, 0.2) is 40.9 Å². The fourth-order valence-electron chi connectivity index (χ4n) is 4.12. The number of rotatable bonds is 2. The molecular formula is C20H17ClFN5OS2. The topological polar surface area (TPSA) is 98.8 Å². The Morgan fingerprint density at radius 3 is 2.80 bits per heavy atom. The smallest absolute Gasteiger partial charge is 0.216 e. The Hall–Kier alpha value is -2.54. The molecule has 3 N–H and O–H groups in total. The van der Waals surface area contributed by atoms with Crippen LogP contribution in [0, 0.1) is 26.5 Å². The summed E-state index contributed by atoms with van der Waals surface area (Å²) in [4.78, 5) is 14.9. The first-order valence-corrected chi connectivity index (χ1v) is 10.7. The second-order valence-corrected chi connectivity index (χ2v) is 10.1. The number of halogens is 2. The number of H-pyrrole nitrogens is 1. The van der Waals surface area contributed by atoms with Gasteiger partial charge in [-0.25, -0.2) is 4.39 Å². The van der Waals surface area contributed by atoms with E-state index in [2.05, 4.69) is 16.3 Å². The molecular weight excluding hydrogens is 445 g/mol. The van der Waals surface area contributed by atoms with Gasteiger partial charge in [-0.05, 0) is 36.2 Å². The van der Waals surface area contributed by atoms with E-state index in [1.54, 1.807) is 4.90 Å². The van der Waals surface area contributed by atoms with Gasteiger partial charge in [0.05, 0.1) is 17.6 Å². The van der Waals surface area contributed by atoms with E-state index in [0.717, 1.165) is 0 Å². The number of hydrogen-bond donors (Lipinski definition) is 2. The number of Topliss-reactive ketones (excluding diaryl/α,β-unsaturated/α-hetero) is 1. The van der Waals surface area contributed by atoms with E-state index in [-0.39, 0.29) is 39.6 Å². The standard InChI is InChI=1S/C20H17ClFN5OS2/c1-20(2)6-12-16(13(28)7-20)14(15-10(21)4-3-5-11(15)22)9(8-23)17(24)27(12)18-25-26-19(29)30-18/h3-5,14H,6-7,24H2,1-2H3,(H,26,29). The van der Waals surface area contributed by atoms with Crippen LogP contribution in [0.25, 0.3) is 0 Å². The molecule has 2 heterocycles. The molecule has 0 radical (unpaired) electrons. The van der Waals surface area contributed by atoms with Crippen LogP contribution in [0.2, 0.25) is 5.02 Å². The monoisotopic (exact) mass is 461 g/mol. The summed E-state index contributed by atoms with van der Waals surface area (Å²) in [6.07, 6.45) is 0.750. The van der Waals surface area contributed by atoms with Crippen molar-refractivity contribution >= 4 is 46.1 Å². The van der Waals surface area contributed by atoms with Crippen molar-refractivity contribution in [2.24, 2.45) is 11.1 Å². The molecule has 0 bridgehead atoms. The van der Waals surface area contributed by atoms with E-state index >= 15 is 0 Å². The lowest BCUT2D eigenvalue weighted by molar-refractivity contribution is -0.118. The number of carbonyl (C=O) groups is 1. The molecule has 0 amide bonds. The number of hydrogen-bond acceptors (Lipinski definition) is 7. The second kappa shape index (κ2) is 7.30. The van der Waals surface area contributed by atoms with E-state index < -0.39 is 11.7 Å². The molecule has 6 nitrogen and oxygen atoms in total. The normalized spacial score (nSPS) is 21.0. The number of aromatic nitrogens is 2. The fourth-order valence-corrected chi connectivity index (χ4v) is 5.31. The van der Waals surface area contributed by atoms with Crippen LogP contribution in [0.5, 0.6) is 0 Å². The molecule has 0 saturated carbocycles. The van der Waals surface area contributed by atoms with Gasteiger partial charge in [-0.15, -0.1) is 5.10 Å². The van der Waals surface area contributed by atoms with E-state index in [4.69, 9.17) is 29.6 Å². The summed E-state index contributed by atoms with van der Waals surface area (Å²) >= 11 is 12.7. The number of carbonyl (C=O) groups excluding carboxylic acids is 1. The Balaban J connectivity index is 2.06. The zero-order chi connectivity index (χ0) is 21.8. The highest BCUT2D eigenvalue weighted by Gasteiger charge is 2.46. The number of benzene rings is 1. The minimum atomic E-state index is -0.981. The van der Waals surface area contributed by atoms with Crippen molar-refractivity contribution in [3.63, 3.8) is 0 Å². The largest absolute Gasteiger partial charge is 0.384 e. The molecule has 1 aromatic heterocycles. The average Bonchev–Trinajstić information content (AvgIpc) is 3.06. The van der Waals surface area contributed by atoms with Gasteiger partial charge in [-0.3, -0.25) is 14.8 Å². The summed E-state index contributed by atoms with van der Waals surface area (Å²) < 4.78 is 15.3. The van der Waals surface area contributed by atoms with Crippen LogP contribution in [-0.4, -0.2) is 16.0 Å². The molecule has 4 rings (SSSR count). The second-order valence-electron chi connectivity index (χ2n) is 8.01. The van der Waals surface area contributed by atoms with Crippen molar-refractivity contribution in [3.05, 3.63) is 61.2 Å². The van der Waals surface area contributed by atoms with E-state index in [9.17, 15) is 14.4 Å². The Labute approximate surface area is 186 Å². The van der Waals surface area contributed by atoms with Crippen molar-refractivity contribution in [3.8, 4) is 6.07 Å². The third-order valence-corrected chi connectivity index (χ3v) is 6.69. The molecule has 1 unspecified atom stereocenters. The first-order chi connectivity index (χ1) is 14.1. The Bertz CT molecular complexity index is 1220. The minimum Gasteiger partial charge on any atom is -0.384 e. The number of nitrogens with zero attached hydrogens (tertiary/aromatic N) is 3. The summed E-state index contributed by atoms with van der Waals surface area (Å²) in [5.74, 6) is -1.66. The Kier molecular flexibility index (Phi) is 5.04. The van der Waals surface area contributed by atoms with Crippen molar-refractivity contribution in [2.75, 3.05) is 4.90 Å². The summed E-state index contributed by atoms with van der Waals surface area (Å²) in [6, 6.07) is 6.35. The summed E-state index contributed by atoms with van der Waals surface area (Å²) in [6.45, 7) is 3.95. The van der Waals surface area contributed by atoms with Crippen LogP contribution < -0.4 is 10.6 Å². The summed E-state index contributed by atoms with van der Waals surface area (Å²) in [5, 5.41) is 17.4. The maximum absolute atomic E-state index is 14.9. The van der Waals surface area contributed by atoms with Gasteiger partial charge >= 0.3 is 0 Å². The molecule has 2 aliphatic rings. The highest BCUT2D eigenvalue weighted by atomic mass is 35.5. The van der Waals surface area contributed by atoms with Crippen LogP contribution in [-0.2, 0) is 4.79 Å². The maximum Gasteiger partial charge on any atom is 0.216 e. The van der Waals surface area contributed by atoms with Crippen LogP contribution >= 0.6 is 35.2 Å². The first kappa shape index (κ1) is 20.7. The van der Waals surface area contributed by atoms with Crippen molar-refractivity contribution in [1.82, 2.24) is 10.2 Å². The number of aromatic amines is 1. The van der Waals surface area contributed by atoms with E-state index in [1.807, 2.05) is 13.8 Å². The summed E-state index contributed by atoms with van der Waals surface area (Å²) in [5.41, 5.74) is 7.14. The number of allylic oxidation sites excluding steroid dienone is 3. The average molecular weight is 462 g/mol. The van der Waals surface area contributed by atoms with Gasteiger partial charge < -0.3 is 5.73 Å². The highest BCUT2D eigenvalue weighted by molar-refractivity contribution is 7.73. The van der Waals surface area contributed by atoms with Gasteiger partial charge in [-0.1, -0.05) is 42.9 Å². The van der Waals surface area contributed by atoms with E-state index in [1.165, 1.54) is 29.5 Å². The molecule has 1 aromatic carbocycles. The third-order valence-electron chi connectivity index (χ3n) is 5.29. The van der Waals surface area contributed by atoms with Crippen molar-refractivity contribution in [2.45, 2.75) is 32.6 Å². The lowest BCUT2D eigenvalue weighted by Gasteiger charge is -2.42. The SMILES string of the molecule is CC1(C)CC(=O)C2=C(C1)N(c1n[nH]c(=S)s1)C(N)=C(C#N)C2c1c(F)cccc1Cl. The molecule has 0 spiro atoms. The highest BCUT2D eigenvalue weighted by Crippen LogP contribution is 2.51. The molecule has 30 heavy (non-hydrogen) atoms. The molecule has 0 fully saturated rings. The number of anilines is 1. The molecule has 2 aromatic rings. The maximum atomic E-state index is 14.9. The molecule has 1 aliphatic heterocycles. The van der Waals surface area contributed by atoms with Gasteiger partial charge in [0.1, 0.15) is 11.6 Å². The third kappa shape index (κ3) is 3.25. The van der Waals surface area contributed by atoms with Crippen molar-refractivity contribution in [1.29, 1.82) is 5.26 Å². The molecule has 0 saturated heterocycles. The zero-order valence-electron chi connectivity index (χ0n) is 16.1. The lowest BCUT2D eigenvalue weighted by atomic mass is 9.68. The number of nitrogens with one attached hydrogen (secondary N) is 1. The molecule has 154 valence electrons. The van der Waals surface area contributed by atoms with E-state index in [0.29, 0.717) is 26.8 Å². The van der Waals surface area contributed by atoms with Gasteiger partial charge in [0, 0.05) is 28.3 Å². The molecule has 1 aliphatic carbocycles. The van der Waals surface area contributed by atoms with Crippen LogP contribution in [0.3, 0.4) is 0 Å². The minimum absolute atomic E-state index is 0.0509. The number of ketones is 1. The number of nitrogens with two attached hydrogens (primary N) is 1. The van der Waals surface area contributed by atoms with Crippen molar-refractivity contribution < 1.29 is 9.18 Å². The molecule has 10 heteroatoms. The lowest BCUT2D eigenvalue weighted by Crippen LogP contribution is -2.42. The predicted molar refractivity (Wildman–Crippen MR) is 116 cm³/mol. The Morgan fingerprint density at radius 2 is 2.20 bits per heavy atom. The van der Waals surface area contributed by atoms with Gasteiger partial charge in [0.25, 0.3) is 0 Å². The Morgan fingerprint density at radius 1 is 1.47 bits per heavy atom. The quantitative estimate of drug-likeness (QED) is 0.615. The number of nitriles is 1. The molecule has 1 atom stereocenters. The first-order valence-electron chi connectivity index (χ1n) is 9.10.